The Labute approximate surface area is 96.4 Å². The zero-order valence-electron chi connectivity index (χ0n) is 10.2. The van der Waals surface area contributed by atoms with Gasteiger partial charge in [-0.1, -0.05) is 6.07 Å². The zero-order valence-corrected chi connectivity index (χ0v) is 10.2. The summed E-state index contributed by atoms with van der Waals surface area (Å²) >= 11 is 0. The SMILES string of the molecule is CN(C(=O)NC(C)(C)C)c1cccc(N)c1. The predicted molar refractivity (Wildman–Crippen MR) is 67.5 cm³/mol. The third-order valence-corrected chi connectivity index (χ3v) is 2.04. The summed E-state index contributed by atoms with van der Waals surface area (Å²) in [5.41, 5.74) is 6.85. The standard InChI is InChI=1S/C12H19N3O/c1-12(2,3)14-11(16)15(4)10-7-5-6-9(13)8-10/h5-8H,13H2,1-4H3,(H,14,16). The fourth-order valence-electron chi connectivity index (χ4n) is 1.26. The number of benzene rings is 1. The Kier molecular flexibility index (Phi) is 3.42. The van der Waals surface area contributed by atoms with Gasteiger partial charge in [-0.2, -0.15) is 0 Å². The summed E-state index contributed by atoms with van der Waals surface area (Å²) in [5.74, 6) is 0. The lowest BCUT2D eigenvalue weighted by Crippen LogP contribution is -2.47. The molecular formula is C12H19N3O. The Morgan fingerprint density at radius 2 is 2.00 bits per heavy atom. The number of hydrogen-bond acceptors (Lipinski definition) is 2. The van der Waals surface area contributed by atoms with Gasteiger partial charge in [0.1, 0.15) is 0 Å². The van der Waals surface area contributed by atoms with Gasteiger partial charge in [0, 0.05) is 24.0 Å². The second-order valence-electron chi connectivity index (χ2n) is 4.83. The normalized spacial score (nSPS) is 11.0. The lowest BCUT2D eigenvalue weighted by molar-refractivity contribution is 0.239. The number of carbonyl (C=O) groups is 1. The zero-order chi connectivity index (χ0) is 12.3. The molecule has 2 amide bonds. The molecule has 0 aliphatic rings. The van der Waals surface area contributed by atoms with Gasteiger partial charge in [-0.3, -0.25) is 4.90 Å². The topological polar surface area (TPSA) is 58.4 Å². The Balaban J connectivity index is 2.78. The third kappa shape index (κ3) is 3.46. The van der Waals surface area contributed by atoms with Gasteiger partial charge in [0.2, 0.25) is 0 Å². The number of urea groups is 1. The van der Waals surface area contributed by atoms with Crippen LogP contribution in [0.2, 0.25) is 0 Å². The summed E-state index contributed by atoms with van der Waals surface area (Å²) < 4.78 is 0. The lowest BCUT2D eigenvalue weighted by Gasteiger charge is -2.25. The average molecular weight is 221 g/mol. The van der Waals surface area contributed by atoms with Crippen LogP contribution in [0, 0.1) is 0 Å². The van der Waals surface area contributed by atoms with E-state index < -0.39 is 0 Å². The molecule has 0 aliphatic carbocycles. The van der Waals surface area contributed by atoms with Crippen LogP contribution in [0.3, 0.4) is 0 Å². The summed E-state index contributed by atoms with van der Waals surface area (Å²) in [4.78, 5) is 13.4. The molecule has 1 aromatic carbocycles. The molecule has 0 radical (unpaired) electrons. The lowest BCUT2D eigenvalue weighted by atomic mass is 10.1. The maximum Gasteiger partial charge on any atom is 0.322 e. The summed E-state index contributed by atoms with van der Waals surface area (Å²) in [6.07, 6.45) is 0. The Morgan fingerprint density at radius 3 is 2.50 bits per heavy atom. The fourth-order valence-corrected chi connectivity index (χ4v) is 1.26. The number of rotatable bonds is 1. The van der Waals surface area contributed by atoms with Crippen molar-refractivity contribution in [2.75, 3.05) is 17.7 Å². The van der Waals surface area contributed by atoms with Crippen LogP contribution >= 0.6 is 0 Å². The molecule has 16 heavy (non-hydrogen) atoms. The minimum absolute atomic E-state index is 0.141. The van der Waals surface area contributed by atoms with Crippen LogP contribution in [-0.2, 0) is 0 Å². The summed E-state index contributed by atoms with van der Waals surface area (Å²) in [7, 11) is 1.72. The van der Waals surface area contributed by atoms with Crippen molar-refractivity contribution < 1.29 is 4.79 Å². The number of amides is 2. The molecule has 88 valence electrons. The molecule has 0 heterocycles. The van der Waals surface area contributed by atoms with E-state index in [1.165, 1.54) is 0 Å². The number of nitrogen functional groups attached to an aromatic ring is 1. The van der Waals surface area contributed by atoms with Crippen molar-refractivity contribution in [1.29, 1.82) is 0 Å². The van der Waals surface area contributed by atoms with Crippen molar-refractivity contribution in [3.63, 3.8) is 0 Å². The quantitative estimate of drug-likeness (QED) is 0.714. The number of carbonyl (C=O) groups excluding carboxylic acids is 1. The van der Waals surface area contributed by atoms with E-state index >= 15 is 0 Å². The van der Waals surface area contributed by atoms with Crippen molar-refractivity contribution >= 4 is 17.4 Å². The van der Waals surface area contributed by atoms with Gasteiger partial charge in [-0.05, 0) is 39.0 Å². The summed E-state index contributed by atoms with van der Waals surface area (Å²) in [6.45, 7) is 5.83. The minimum Gasteiger partial charge on any atom is -0.399 e. The molecule has 0 unspecified atom stereocenters. The van der Waals surface area contributed by atoms with Crippen molar-refractivity contribution in [3.05, 3.63) is 24.3 Å². The number of hydrogen-bond donors (Lipinski definition) is 2. The Hall–Kier alpha value is -1.71. The molecule has 0 spiro atoms. The summed E-state index contributed by atoms with van der Waals surface area (Å²) in [5, 5.41) is 2.88. The van der Waals surface area contributed by atoms with Gasteiger partial charge in [0.15, 0.2) is 0 Å². The average Bonchev–Trinajstić information content (AvgIpc) is 2.14. The van der Waals surface area contributed by atoms with Crippen LogP contribution in [0.1, 0.15) is 20.8 Å². The van der Waals surface area contributed by atoms with E-state index in [1.807, 2.05) is 32.9 Å². The van der Waals surface area contributed by atoms with E-state index in [4.69, 9.17) is 5.73 Å². The molecule has 1 aromatic rings. The number of nitrogens with two attached hydrogens (primary N) is 1. The molecule has 0 bridgehead atoms. The van der Waals surface area contributed by atoms with Crippen LogP contribution in [0.15, 0.2) is 24.3 Å². The van der Waals surface area contributed by atoms with Crippen molar-refractivity contribution in [2.24, 2.45) is 0 Å². The van der Waals surface area contributed by atoms with Crippen LogP contribution in [0.25, 0.3) is 0 Å². The summed E-state index contributed by atoms with van der Waals surface area (Å²) in [6, 6.07) is 7.09. The van der Waals surface area contributed by atoms with Gasteiger partial charge in [0.25, 0.3) is 0 Å². The maximum absolute atomic E-state index is 11.8. The Morgan fingerprint density at radius 1 is 1.38 bits per heavy atom. The highest BCUT2D eigenvalue weighted by Gasteiger charge is 2.17. The van der Waals surface area contributed by atoms with Gasteiger partial charge < -0.3 is 11.1 Å². The first-order valence-electron chi connectivity index (χ1n) is 5.21. The minimum atomic E-state index is -0.244. The maximum atomic E-state index is 11.8. The van der Waals surface area contributed by atoms with Crippen molar-refractivity contribution in [1.82, 2.24) is 5.32 Å². The van der Waals surface area contributed by atoms with Gasteiger partial charge >= 0.3 is 6.03 Å². The second kappa shape index (κ2) is 4.43. The molecule has 0 aliphatic heterocycles. The predicted octanol–water partition coefficient (Wildman–Crippen LogP) is 2.21. The third-order valence-electron chi connectivity index (χ3n) is 2.04. The fraction of sp³-hybridized carbons (Fsp3) is 0.417. The van der Waals surface area contributed by atoms with Gasteiger partial charge in [-0.25, -0.2) is 4.79 Å². The molecule has 0 fully saturated rings. The molecular weight excluding hydrogens is 202 g/mol. The van der Waals surface area contributed by atoms with Crippen LogP contribution in [0.4, 0.5) is 16.2 Å². The highest BCUT2D eigenvalue weighted by molar-refractivity contribution is 5.92. The molecule has 3 N–H and O–H groups in total. The highest BCUT2D eigenvalue weighted by Crippen LogP contribution is 2.16. The molecule has 1 rings (SSSR count). The molecule has 0 atom stereocenters. The molecule has 0 saturated carbocycles. The number of nitrogens with zero attached hydrogens (tertiary/aromatic N) is 1. The first-order chi connectivity index (χ1) is 7.29. The largest absolute Gasteiger partial charge is 0.399 e. The van der Waals surface area contributed by atoms with Gasteiger partial charge in [0.05, 0.1) is 0 Å². The first kappa shape index (κ1) is 12.4. The molecule has 4 nitrogen and oxygen atoms in total. The van der Waals surface area contributed by atoms with E-state index in [-0.39, 0.29) is 11.6 Å². The van der Waals surface area contributed by atoms with Crippen LogP contribution in [0.5, 0.6) is 0 Å². The van der Waals surface area contributed by atoms with Crippen LogP contribution < -0.4 is 16.0 Å². The molecule has 0 saturated heterocycles. The van der Waals surface area contributed by atoms with Crippen molar-refractivity contribution in [2.45, 2.75) is 26.3 Å². The first-order valence-corrected chi connectivity index (χ1v) is 5.21. The van der Waals surface area contributed by atoms with E-state index in [0.29, 0.717) is 5.69 Å². The number of nitrogens with one attached hydrogen (secondary N) is 1. The van der Waals surface area contributed by atoms with E-state index in [2.05, 4.69) is 5.32 Å². The van der Waals surface area contributed by atoms with E-state index in [9.17, 15) is 4.79 Å². The Bertz CT molecular complexity index is 382. The molecule has 0 aromatic heterocycles. The van der Waals surface area contributed by atoms with E-state index in [0.717, 1.165) is 5.69 Å². The molecule has 4 heteroatoms. The van der Waals surface area contributed by atoms with Crippen LogP contribution in [-0.4, -0.2) is 18.6 Å². The highest BCUT2D eigenvalue weighted by atomic mass is 16.2. The van der Waals surface area contributed by atoms with Gasteiger partial charge in [-0.15, -0.1) is 0 Å². The van der Waals surface area contributed by atoms with E-state index in [1.54, 1.807) is 24.1 Å². The second-order valence-corrected chi connectivity index (χ2v) is 4.83. The monoisotopic (exact) mass is 221 g/mol. The van der Waals surface area contributed by atoms with Crippen molar-refractivity contribution in [3.8, 4) is 0 Å². The number of anilines is 2. The smallest absolute Gasteiger partial charge is 0.322 e.